The Balaban J connectivity index is 1.53. The van der Waals surface area contributed by atoms with E-state index in [0.29, 0.717) is 5.69 Å². The summed E-state index contributed by atoms with van der Waals surface area (Å²) in [5.41, 5.74) is 7.54. The highest BCUT2D eigenvalue weighted by atomic mass is 32.2. The number of hydrogen-bond donors (Lipinski definition) is 5. The number of benzene rings is 3. The molecule has 4 rings (SSSR count). The van der Waals surface area contributed by atoms with Crippen molar-refractivity contribution in [1.82, 2.24) is 20.3 Å². The van der Waals surface area contributed by atoms with Gasteiger partial charge in [-0.1, -0.05) is 83.1 Å². The molecule has 50 heavy (non-hydrogen) atoms. The molecule has 0 heterocycles. The van der Waals surface area contributed by atoms with Crippen LogP contribution in [0.3, 0.4) is 0 Å². The highest BCUT2D eigenvalue weighted by molar-refractivity contribution is 7.89. The summed E-state index contributed by atoms with van der Waals surface area (Å²) >= 11 is 0. The number of aliphatic hydroxyl groups is 1. The maximum absolute atomic E-state index is 14.0. The van der Waals surface area contributed by atoms with Gasteiger partial charge in [-0.2, -0.15) is 4.31 Å². The maximum atomic E-state index is 14.0. The van der Waals surface area contributed by atoms with Crippen molar-refractivity contribution in [1.29, 1.82) is 0 Å². The summed E-state index contributed by atoms with van der Waals surface area (Å²) in [5.74, 6) is -1.33. The fraction of sp³-hybridized carbons (Fsp3) is 0.474. The Morgan fingerprint density at radius 2 is 1.66 bits per heavy atom. The SMILES string of the molecule is Cc1ccc(S(=O)(=O)N(CC(C)C)CC(O)C(Cc2ccccc2)NC(=O)C(NC(=O)CNC2(c3cccc(F)c3)CC2)C(C)(C)C)cc1N. The number of nitrogen functional groups attached to an aromatic ring is 1. The summed E-state index contributed by atoms with van der Waals surface area (Å²) in [6.45, 7) is 10.8. The molecule has 0 spiro atoms. The van der Waals surface area contributed by atoms with E-state index in [-0.39, 0.29) is 42.7 Å². The van der Waals surface area contributed by atoms with E-state index in [9.17, 15) is 27.5 Å². The summed E-state index contributed by atoms with van der Waals surface area (Å²) < 4.78 is 42.9. The molecule has 0 aliphatic heterocycles. The number of sulfonamides is 1. The number of rotatable bonds is 16. The summed E-state index contributed by atoms with van der Waals surface area (Å²) in [7, 11) is -4.06. The first-order valence-corrected chi connectivity index (χ1v) is 18.5. The summed E-state index contributed by atoms with van der Waals surface area (Å²) in [6.07, 6.45) is 0.414. The highest BCUT2D eigenvalue weighted by Crippen LogP contribution is 2.45. The molecule has 3 atom stereocenters. The number of anilines is 1. The summed E-state index contributed by atoms with van der Waals surface area (Å²) in [4.78, 5) is 27.3. The van der Waals surface area contributed by atoms with Gasteiger partial charge in [0.25, 0.3) is 0 Å². The zero-order chi connectivity index (χ0) is 36.9. The molecule has 2 amide bonds. The monoisotopic (exact) mass is 709 g/mol. The molecule has 3 aromatic carbocycles. The molecule has 0 aromatic heterocycles. The molecular weight excluding hydrogens is 658 g/mol. The summed E-state index contributed by atoms with van der Waals surface area (Å²) in [6, 6.07) is 18.3. The van der Waals surface area contributed by atoms with E-state index in [2.05, 4.69) is 16.0 Å². The second-order valence-electron chi connectivity index (χ2n) is 14.9. The van der Waals surface area contributed by atoms with E-state index in [1.54, 1.807) is 19.1 Å². The molecular formula is C38H52FN5O5S. The Morgan fingerprint density at radius 1 is 0.980 bits per heavy atom. The Bertz CT molecular complexity index is 1740. The van der Waals surface area contributed by atoms with E-state index in [4.69, 9.17) is 5.73 Å². The van der Waals surface area contributed by atoms with Crippen LogP contribution in [0.2, 0.25) is 0 Å². The van der Waals surface area contributed by atoms with Crippen LogP contribution in [0.15, 0.2) is 77.7 Å². The normalized spacial score (nSPS) is 16.1. The largest absolute Gasteiger partial charge is 0.398 e. The molecule has 0 saturated heterocycles. The van der Waals surface area contributed by atoms with Crippen molar-refractivity contribution in [2.45, 2.75) is 89.4 Å². The first-order valence-electron chi connectivity index (χ1n) is 17.1. The van der Waals surface area contributed by atoms with E-state index in [1.165, 1.54) is 28.6 Å². The predicted molar refractivity (Wildman–Crippen MR) is 194 cm³/mol. The first kappa shape index (κ1) is 39.0. The lowest BCUT2D eigenvalue weighted by Crippen LogP contribution is -2.59. The first-order chi connectivity index (χ1) is 23.4. The number of nitrogens with two attached hydrogens (primary N) is 1. The zero-order valence-corrected chi connectivity index (χ0v) is 30.7. The predicted octanol–water partition coefficient (Wildman–Crippen LogP) is 4.26. The number of nitrogens with one attached hydrogen (secondary N) is 3. The van der Waals surface area contributed by atoms with Crippen LogP contribution in [0.4, 0.5) is 10.1 Å². The van der Waals surface area contributed by atoms with Gasteiger partial charge >= 0.3 is 0 Å². The average Bonchev–Trinajstić information content (AvgIpc) is 3.84. The van der Waals surface area contributed by atoms with E-state index < -0.39 is 51.0 Å². The van der Waals surface area contributed by atoms with Gasteiger partial charge in [0, 0.05) is 24.3 Å². The van der Waals surface area contributed by atoms with Crippen LogP contribution < -0.4 is 21.7 Å². The van der Waals surface area contributed by atoms with Gasteiger partial charge in [-0.15, -0.1) is 0 Å². The van der Waals surface area contributed by atoms with Crippen molar-refractivity contribution in [3.8, 4) is 0 Å². The van der Waals surface area contributed by atoms with Gasteiger partial charge in [-0.05, 0) is 78.5 Å². The third-order valence-electron chi connectivity index (χ3n) is 9.09. The van der Waals surface area contributed by atoms with Gasteiger partial charge in [0.2, 0.25) is 21.8 Å². The highest BCUT2D eigenvalue weighted by Gasteiger charge is 2.45. The second kappa shape index (κ2) is 16.0. The lowest BCUT2D eigenvalue weighted by Gasteiger charge is -2.34. The van der Waals surface area contributed by atoms with Crippen molar-refractivity contribution in [3.05, 3.63) is 95.3 Å². The average molecular weight is 710 g/mol. The molecule has 10 nitrogen and oxygen atoms in total. The Hall–Kier alpha value is -3.84. The zero-order valence-electron chi connectivity index (χ0n) is 29.9. The van der Waals surface area contributed by atoms with Crippen molar-refractivity contribution >= 4 is 27.5 Å². The van der Waals surface area contributed by atoms with Gasteiger partial charge in [0.05, 0.1) is 23.6 Å². The van der Waals surface area contributed by atoms with Crippen molar-refractivity contribution < 1.29 is 27.5 Å². The Labute approximate surface area is 296 Å². The van der Waals surface area contributed by atoms with Crippen molar-refractivity contribution in [3.63, 3.8) is 0 Å². The number of aliphatic hydroxyl groups excluding tert-OH is 1. The third-order valence-corrected chi connectivity index (χ3v) is 10.9. The second-order valence-corrected chi connectivity index (χ2v) is 16.9. The fourth-order valence-corrected chi connectivity index (χ4v) is 7.63. The van der Waals surface area contributed by atoms with E-state index >= 15 is 0 Å². The van der Waals surface area contributed by atoms with Crippen LogP contribution in [0.1, 0.15) is 64.2 Å². The third kappa shape index (κ3) is 10.1. The van der Waals surface area contributed by atoms with Crippen LogP contribution in [0, 0.1) is 24.1 Å². The smallest absolute Gasteiger partial charge is 0.243 e. The molecule has 1 fully saturated rings. The minimum atomic E-state index is -4.06. The maximum Gasteiger partial charge on any atom is 0.243 e. The molecule has 12 heteroatoms. The van der Waals surface area contributed by atoms with Gasteiger partial charge < -0.3 is 21.5 Å². The fourth-order valence-electron chi connectivity index (χ4n) is 5.97. The minimum Gasteiger partial charge on any atom is -0.398 e. The minimum absolute atomic E-state index is 0.0200. The molecule has 1 saturated carbocycles. The molecule has 3 unspecified atom stereocenters. The standard InChI is InChI=1S/C38H52FN5O5S/c1-25(2)23-44(50(48,49)30-16-15-26(3)31(40)21-30)24-33(45)32(19-27-11-8-7-9-12-27)42-36(47)35(37(4,5)6)43-34(46)22-41-38(17-18-38)28-13-10-14-29(39)20-28/h7-16,20-21,25,32-33,35,41,45H,17-19,22-24,40H2,1-6H3,(H,42,47)(H,43,46). The van der Waals surface area contributed by atoms with Gasteiger partial charge in [0.15, 0.2) is 0 Å². The van der Waals surface area contributed by atoms with Crippen LogP contribution in [0.5, 0.6) is 0 Å². The number of hydrogen-bond acceptors (Lipinski definition) is 7. The van der Waals surface area contributed by atoms with Crippen molar-refractivity contribution in [2.24, 2.45) is 11.3 Å². The van der Waals surface area contributed by atoms with Gasteiger partial charge in [0.1, 0.15) is 11.9 Å². The number of carbonyl (C=O) groups excluding carboxylic acids is 2. The molecule has 1 aliphatic carbocycles. The van der Waals surface area contributed by atoms with E-state index in [0.717, 1.165) is 29.5 Å². The Kier molecular flexibility index (Phi) is 12.5. The molecule has 272 valence electrons. The van der Waals surface area contributed by atoms with Gasteiger partial charge in [-0.25, -0.2) is 12.8 Å². The number of halogens is 1. The lowest BCUT2D eigenvalue weighted by molar-refractivity contribution is -0.132. The Morgan fingerprint density at radius 3 is 2.24 bits per heavy atom. The summed E-state index contributed by atoms with van der Waals surface area (Å²) in [5, 5.41) is 20.8. The van der Waals surface area contributed by atoms with Crippen LogP contribution in [-0.4, -0.2) is 67.5 Å². The topological polar surface area (TPSA) is 154 Å². The van der Waals surface area contributed by atoms with E-state index in [1.807, 2.05) is 71.0 Å². The van der Waals surface area contributed by atoms with Crippen LogP contribution in [-0.2, 0) is 31.6 Å². The lowest BCUT2D eigenvalue weighted by atomic mass is 9.85. The quantitative estimate of drug-likeness (QED) is 0.139. The van der Waals surface area contributed by atoms with Crippen molar-refractivity contribution in [2.75, 3.05) is 25.4 Å². The molecule has 6 N–H and O–H groups in total. The molecule has 0 bridgehead atoms. The number of nitrogens with zero attached hydrogens (tertiary/aromatic N) is 1. The van der Waals surface area contributed by atoms with Crippen LogP contribution in [0.25, 0.3) is 0 Å². The number of aryl methyl sites for hydroxylation is 1. The number of carbonyl (C=O) groups is 2. The molecule has 1 aliphatic rings. The molecule has 3 aromatic rings. The number of amides is 2. The molecule has 0 radical (unpaired) electrons. The van der Waals surface area contributed by atoms with Gasteiger partial charge in [-0.3, -0.25) is 14.9 Å². The van der Waals surface area contributed by atoms with Crippen LogP contribution >= 0.6 is 0 Å².